The number of benzene rings is 2. The highest BCUT2D eigenvalue weighted by molar-refractivity contribution is 7.92. The van der Waals surface area contributed by atoms with Crippen molar-refractivity contribution in [2.24, 2.45) is 0 Å². The molecule has 2 rings (SSSR count). The molecule has 0 N–H and O–H groups in total. The number of nitrogens with zero attached hydrogens (tertiary/aromatic N) is 2. The molecule has 0 aliphatic carbocycles. The van der Waals surface area contributed by atoms with Crippen molar-refractivity contribution in [1.82, 2.24) is 0 Å². The number of non-ortho nitro benzene ring substituents is 1. The number of hydrogen-bond acceptors (Lipinski definition) is 6. The maximum Gasteiger partial charge on any atom is 0.338 e. The first-order chi connectivity index (χ1) is 12.8. The van der Waals surface area contributed by atoms with E-state index in [1.165, 1.54) is 48.5 Å². The molecule has 9 heteroatoms. The first kappa shape index (κ1) is 20.1. The van der Waals surface area contributed by atoms with Crippen molar-refractivity contribution in [3.63, 3.8) is 0 Å². The molecule has 0 amide bonds. The summed E-state index contributed by atoms with van der Waals surface area (Å²) in [4.78, 5) is 21.8. The van der Waals surface area contributed by atoms with Crippen LogP contribution in [0.2, 0.25) is 0 Å². The Labute approximate surface area is 156 Å². The largest absolute Gasteiger partial charge is 0.462 e. The Morgan fingerprint density at radius 3 is 2.48 bits per heavy atom. The first-order valence-electron chi connectivity index (χ1n) is 7.96. The van der Waals surface area contributed by atoms with E-state index in [-0.39, 0.29) is 35.0 Å². The lowest BCUT2D eigenvalue weighted by molar-refractivity contribution is -0.385. The second kappa shape index (κ2) is 8.45. The van der Waals surface area contributed by atoms with Gasteiger partial charge in [0.05, 0.1) is 34.2 Å². The number of sulfonamides is 1. The van der Waals surface area contributed by atoms with E-state index in [0.29, 0.717) is 0 Å². The molecule has 0 saturated heterocycles. The molecule has 0 aliphatic heterocycles. The van der Waals surface area contributed by atoms with Gasteiger partial charge in [0.15, 0.2) is 0 Å². The topological polar surface area (TPSA) is 107 Å². The predicted octanol–water partition coefficient (Wildman–Crippen LogP) is 3.15. The molecule has 2 aromatic carbocycles. The van der Waals surface area contributed by atoms with E-state index < -0.39 is 20.9 Å². The summed E-state index contributed by atoms with van der Waals surface area (Å²) in [5.74, 6) is -0.513. The Morgan fingerprint density at radius 1 is 1.26 bits per heavy atom. The van der Waals surface area contributed by atoms with Gasteiger partial charge in [-0.2, -0.15) is 0 Å². The number of ether oxygens (including phenoxy) is 1. The first-order valence-corrected chi connectivity index (χ1v) is 9.40. The molecule has 0 bridgehead atoms. The smallest absolute Gasteiger partial charge is 0.338 e. The van der Waals surface area contributed by atoms with Gasteiger partial charge in [-0.3, -0.25) is 14.4 Å². The summed E-state index contributed by atoms with van der Waals surface area (Å²) in [6, 6.07) is 10.6. The fraction of sp³-hybridized carbons (Fsp3) is 0.167. The van der Waals surface area contributed by atoms with E-state index >= 15 is 0 Å². The van der Waals surface area contributed by atoms with Gasteiger partial charge in [-0.25, -0.2) is 13.2 Å². The molecule has 0 spiro atoms. The SMILES string of the molecule is C=CCN(c1ccc(C(=O)OCC)cc1)S(=O)(=O)c1cccc([N+](=O)[O-])c1. The summed E-state index contributed by atoms with van der Waals surface area (Å²) in [7, 11) is -4.07. The lowest BCUT2D eigenvalue weighted by atomic mass is 10.2. The summed E-state index contributed by atoms with van der Waals surface area (Å²) >= 11 is 0. The third-order valence-corrected chi connectivity index (χ3v) is 5.37. The zero-order chi connectivity index (χ0) is 20.0. The van der Waals surface area contributed by atoms with E-state index in [4.69, 9.17) is 4.74 Å². The fourth-order valence-electron chi connectivity index (χ4n) is 2.32. The molecule has 8 nitrogen and oxygen atoms in total. The van der Waals surface area contributed by atoms with E-state index in [2.05, 4.69) is 6.58 Å². The molecule has 0 heterocycles. The average Bonchev–Trinajstić information content (AvgIpc) is 2.66. The summed E-state index contributed by atoms with van der Waals surface area (Å²) in [6.07, 6.45) is 1.40. The number of hydrogen-bond donors (Lipinski definition) is 0. The molecular weight excluding hydrogens is 372 g/mol. The van der Waals surface area contributed by atoms with Crippen LogP contribution in [0.15, 0.2) is 66.1 Å². The van der Waals surface area contributed by atoms with Crippen molar-refractivity contribution in [2.75, 3.05) is 17.5 Å². The second-order valence-corrected chi connectivity index (χ2v) is 7.21. The van der Waals surface area contributed by atoms with Gasteiger partial charge >= 0.3 is 5.97 Å². The zero-order valence-electron chi connectivity index (χ0n) is 14.6. The van der Waals surface area contributed by atoms with Crippen molar-refractivity contribution >= 4 is 27.4 Å². The van der Waals surface area contributed by atoms with Crippen molar-refractivity contribution < 1.29 is 22.9 Å². The lowest BCUT2D eigenvalue weighted by Gasteiger charge is -2.23. The van der Waals surface area contributed by atoms with Gasteiger partial charge < -0.3 is 4.74 Å². The Morgan fingerprint density at radius 2 is 1.93 bits per heavy atom. The van der Waals surface area contributed by atoms with Crippen LogP contribution in [0, 0.1) is 10.1 Å². The number of anilines is 1. The highest BCUT2D eigenvalue weighted by Crippen LogP contribution is 2.26. The molecule has 27 heavy (non-hydrogen) atoms. The molecule has 2 aromatic rings. The molecule has 0 aliphatic rings. The Hall–Kier alpha value is -3.20. The van der Waals surface area contributed by atoms with Crippen molar-refractivity contribution in [1.29, 1.82) is 0 Å². The molecule has 0 fully saturated rings. The number of nitro groups is 1. The standard InChI is InChI=1S/C18H18N2O6S/c1-3-12-19(15-10-8-14(9-11-15)18(21)26-4-2)27(24,25)17-7-5-6-16(13-17)20(22)23/h3,5-11,13H,1,4,12H2,2H3. The number of nitro benzene ring substituents is 1. The zero-order valence-corrected chi connectivity index (χ0v) is 15.4. The van der Waals surface area contributed by atoms with Gasteiger partial charge in [-0.15, -0.1) is 6.58 Å². The average molecular weight is 390 g/mol. The van der Waals surface area contributed by atoms with Crippen LogP contribution in [0.25, 0.3) is 0 Å². The van der Waals surface area contributed by atoms with Crippen molar-refractivity contribution in [2.45, 2.75) is 11.8 Å². The Bertz CT molecular complexity index is 954. The van der Waals surface area contributed by atoms with Crippen LogP contribution in [0.1, 0.15) is 17.3 Å². The second-order valence-electron chi connectivity index (χ2n) is 5.35. The van der Waals surface area contributed by atoms with Crippen LogP contribution < -0.4 is 4.31 Å². The Kier molecular flexibility index (Phi) is 6.30. The van der Waals surface area contributed by atoms with Crippen molar-refractivity contribution in [3.8, 4) is 0 Å². The molecule has 0 radical (unpaired) electrons. The maximum absolute atomic E-state index is 13.0. The van der Waals surface area contributed by atoms with Gasteiger partial charge in [0.1, 0.15) is 0 Å². The minimum absolute atomic E-state index is 0.0518. The molecule has 0 unspecified atom stereocenters. The van der Waals surface area contributed by atoms with Crippen molar-refractivity contribution in [3.05, 3.63) is 76.9 Å². The molecular formula is C18H18N2O6S. The van der Waals surface area contributed by atoms with E-state index in [0.717, 1.165) is 10.4 Å². The van der Waals surface area contributed by atoms with Gasteiger partial charge in [-0.05, 0) is 37.3 Å². The number of carbonyl (C=O) groups is 1. The fourth-order valence-corrected chi connectivity index (χ4v) is 3.80. The number of rotatable bonds is 8. The van der Waals surface area contributed by atoms with Crippen LogP contribution in [0.5, 0.6) is 0 Å². The van der Waals surface area contributed by atoms with E-state index in [9.17, 15) is 23.3 Å². The van der Waals surface area contributed by atoms with Crippen LogP contribution >= 0.6 is 0 Å². The molecule has 0 atom stereocenters. The normalized spacial score (nSPS) is 10.9. The highest BCUT2D eigenvalue weighted by Gasteiger charge is 2.26. The minimum atomic E-state index is -4.07. The van der Waals surface area contributed by atoms with Crippen LogP contribution in [-0.2, 0) is 14.8 Å². The minimum Gasteiger partial charge on any atom is -0.462 e. The quantitative estimate of drug-likeness (QED) is 0.297. The summed E-state index contributed by atoms with van der Waals surface area (Å²) in [5.41, 5.74) is 0.244. The predicted molar refractivity (Wildman–Crippen MR) is 100 cm³/mol. The monoisotopic (exact) mass is 390 g/mol. The van der Waals surface area contributed by atoms with Crippen LogP contribution in [-0.4, -0.2) is 32.5 Å². The third-order valence-electron chi connectivity index (χ3n) is 3.58. The molecule has 142 valence electrons. The lowest BCUT2D eigenvalue weighted by Crippen LogP contribution is -2.31. The summed E-state index contributed by atoms with van der Waals surface area (Å²) in [5, 5.41) is 10.9. The summed E-state index contributed by atoms with van der Waals surface area (Å²) < 4.78 is 31.9. The van der Waals surface area contributed by atoms with E-state index in [1.54, 1.807) is 6.92 Å². The maximum atomic E-state index is 13.0. The summed E-state index contributed by atoms with van der Waals surface area (Å²) in [6.45, 7) is 5.42. The van der Waals surface area contributed by atoms with Gasteiger partial charge in [0.25, 0.3) is 15.7 Å². The van der Waals surface area contributed by atoms with Gasteiger partial charge in [-0.1, -0.05) is 12.1 Å². The third kappa shape index (κ3) is 4.50. The van der Waals surface area contributed by atoms with Crippen LogP contribution in [0.4, 0.5) is 11.4 Å². The number of esters is 1. The van der Waals surface area contributed by atoms with Gasteiger partial charge in [0.2, 0.25) is 0 Å². The van der Waals surface area contributed by atoms with E-state index in [1.807, 2.05) is 0 Å². The Balaban J connectivity index is 2.44. The number of carbonyl (C=O) groups excluding carboxylic acids is 1. The molecule has 0 saturated carbocycles. The highest BCUT2D eigenvalue weighted by atomic mass is 32.2. The van der Waals surface area contributed by atoms with Crippen LogP contribution in [0.3, 0.4) is 0 Å². The molecule has 0 aromatic heterocycles. The van der Waals surface area contributed by atoms with Gasteiger partial charge in [0, 0.05) is 12.1 Å².